The smallest absolute Gasteiger partial charge is 0.0991 e. The number of nitrogens with one attached hydrogen (secondary N) is 1. The summed E-state index contributed by atoms with van der Waals surface area (Å²) in [6, 6.07) is 14.0. The second-order valence-corrected chi connectivity index (χ2v) is 5.16. The molecule has 0 fully saturated rings. The van der Waals surface area contributed by atoms with E-state index in [0.29, 0.717) is 27.7 Å². The topological polar surface area (TPSA) is 56.0 Å². The van der Waals surface area contributed by atoms with Gasteiger partial charge in [0.25, 0.3) is 0 Å². The zero-order valence-electron chi connectivity index (χ0n) is 10.5. The van der Waals surface area contributed by atoms with Crippen LogP contribution in [0.25, 0.3) is 0 Å². The average Bonchev–Trinajstić information content (AvgIpc) is 2.44. The molecule has 0 heterocycles. The van der Waals surface area contributed by atoms with Crippen molar-refractivity contribution >= 4 is 28.9 Å². The number of aliphatic hydroxyl groups excluding tert-OH is 1. The molecule has 0 amide bonds. The van der Waals surface area contributed by atoms with Crippen molar-refractivity contribution in [3.63, 3.8) is 0 Å². The molecule has 0 aliphatic carbocycles. The van der Waals surface area contributed by atoms with E-state index in [1.165, 1.54) is 0 Å². The fourth-order valence-electron chi connectivity index (χ4n) is 1.76. The molecule has 0 bridgehead atoms. The molecule has 0 aromatic heterocycles. The Balaban J connectivity index is 2.00. The summed E-state index contributed by atoms with van der Waals surface area (Å²) in [5, 5.41) is 22.9. The summed E-state index contributed by atoms with van der Waals surface area (Å²) in [5.74, 6) is 0. The molecule has 0 spiro atoms. The molecular weight excluding hydrogens is 295 g/mol. The lowest BCUT2D eigenvalue weighted by Crippen LogP contribution is -2.12. The van der Waals surface area contributed by atoms with Gasteiger partial charge in [0.05, 0.1) is 17.7 Å². The van der Waals surface area contributed by atoms with E-state index in [0.717, 1.165) is 5.69 Å². The molecule has 2 N–H and O–H groups in total. The maximum atomic E-state index is 10.1. The summed E-state index contributed by atoms with van der Waals surface area (Å²) in [4.78, 5) is 0. The number of halogens is 2. The van der Waals surface area contributed by atoms with E-state index >= 15 is 0 Å². The van der Waals surface area contributed by atoms with Crippen LogP contribution < -0.4 is 5.32 Å². The number of nitrogens with zero attached hydrogens (tertiary/aromatic N) is 1. The summed E-state index contributed by atoms with van der Waals surface area (Å²) in [5.41, 5.74) is 2.08. The van der Waals surface area contributed by atoms with Crippen LogP contribution in [0.15, 0.2) is 42.5 Å². The zero-order valence-corrected chi connectivity index (χ0v) is 12.0. The van der Waals surface area contributed by atoms with Gasteiger partial charge in [0.15, 0.2) is 0 Å². The third-order valence-electron chi connectivity index (χ3n) is 2.78. The number of anilines is 1. The van der Waals surface area contributed by atoms with Crippen LogP contribution in [-0.2, 0) is 0 Å². The lowest BCUT2D eigenvalue weighted by atomic mass is 10.1. The maximum Gasteiger partial charge on any atom is 0.0991 e. The molecule has 20 heavy (non-hydrogen) atoms. The van der Waals surface area contributed by atoms with Crippen LogP contribution in [0.2, 0.25) is 10.0 Å². The molecule has 2 aromatic carbocycles. The van der Waals surface area contributed by atoms with Crippen LogP contribution in [0.5, 0.6) is 0 Å². The third kappa shape index (κ3) is 3.88. The number of aliphatic hydroxyl groups is 1. The molecule has 0 aliphatic heterocycles. The van der Waals surface area contributed by atoms with E-state index in [1.54, 1.807) is 42.5 Å². The first-order chi connectivity index (χ1) is 9.58. The standard InChI is InChI=1S/C15H12Cl2N2O/c16-12-5-11(6-13(17)7-12)15(20)9-19-14-3-1-10(8-18)2-4-14/h1-7,15,19-20H,9H2. The van der Waals surface area contributed by atoms with Crippen LogP contribution >= 0.6 is 23.2 Å². The minimum absolute atomic E-state index is 0.322. The highest BCUT2D eigenvalue weighted by molar-refractivity contribution is 6.34. The summed E-state index contributed by atoms with van der Waals surface area (Å²) in [6.07, 6.45) is -0.721. The quantitative estimate of drug-likeness (QED) is 0.897. The third-order valence-corrected chi connectivity index (χ3v) is 3.22. The SMILES string of the molecule is N#Cc1ccc(NCC(O)c2cc(Cl)cc(Cl)c2)cc1. The number of hydrogen-bond acceptors (Lipinski definition) is 3. The Morgan fingerprint density at radius 2 is 1.70 bits per heavy atom. The van der Waals surface area contributed by atoms with Gasteiger partial charge in [-0.05, 0) is 48.0 Å². The molecule has 0 radical (unpaired) electrons. The average molecular weight is 307 g/mol. The summed E-state index contributed by atoms with van der Waals surface area (Å²) >= 11 is 11.8. The number of nitriles is 1. The predicted molar refractivity (Wildman–Crippen MR) is 81.1 cm³/mol. The Bertz CT molecular complexity index is 615. The van der Waals surface area contributed by atoms with Crippen molar-refractivity contribution in [2.45, 2.75) is 6.10 Å². The van der Waals surface area contributed by atoms with E-state index in [1.807, 2.05) is 0 Å². The Morgan fingerprint density at radius 1 is 1.10 bits per heavy atom. The highest BCUT2D eigenvalue weighted by Crippen LogP contribution is 2.24. The van der Waals surface area contributed by atoms with Crippen LogP contribution in [0.4, 0.5) is 5.69 Å². The van der Waals surface area contributed by atoms with Gasteiger partial charge in [-0.2, -0.15) is 5.26 Å². The minimum atomic E-state index is -0.721. The van der Waals surface area contributed by atoms with E-state index in [-0.39, 0.29) is 0 Å². The van der Waals surface area contributed by atoms with E-state index < -0.39 is 6.10 Å². The van der Waals surface area contributed by atoms with Gasteiger partial charge in [-0.3, -0.25) is 0 Å². The summed E-state index contributed by atoms with van der Waals surface area (Å²) in [7, 11) is 0. The molecule has 5 heteroatoms. The lowest BCUT2D eigenvalue weighted by molar-refractivity contribution is 0.191. The largest absolute Gasteiger partial charge is 0.387 e. The normalized spacial score (nSPS) is 11.7. The second-order valence-electron chi connectivity index (χ2n) is 4.29. The van der Waals surface area contributed by atoms with Gasteiger partial charge < -0.3 is 10.4 Å². The molecule has 0 saturated heterocycles. The van der Waals surface area contributed by atoms with Crippen LogP contribution in [0.3, 0.4) is 0 Å². The van der Waals surface area contributed by atoms with Gasteiger partial charge in [-0.25, -0.2) is 0 Å². The Kier molecular flexibility index (Phi) is 4.86. The van der Waals surface area contributed by atoms with Gasteiger partial charge in [0, 0.05) is 22.3 Å². The van der Waals surface area contributed by atoms with Gasteiger partial charge in [0.1, 0.15) is 0 Å². The Hall–Kier alpha value is -1.73. The highest BCUT2D eigenvalue weighted by atomic mass is 35.5. The first-order valence-corrected chi connectivity index (χ1v) is 6.72. The lowest BCUT2D eigenvalue weighted by Gasteiger charge is -2.14. The monoisotopic (exact) mass is 306 g/mol. The van der Waals surface area contributed by atoms with Crippen molar-refractivity contribution < 1.29 is 5.11 Å². The molecular formula is C15H12Cl2N2O. The van der Waals surface area contributed by atoms with Crippen molar-refractivity contribution in [1.29, 1.82) is 5.26 Å². The van der Waals surface area contributed by atoms with Crippen LogP contribution in [0.1, 0.15) is 17.2 Å². The van der Waals surface area contributed by atoms with Crippen molar-refractivity contribution in [3.05, 3.63) is 63.6 Å². The molecule has 1 atom stereocenters. The fraction of sp³-hybridized carbons (Fsp3) is 0.133. The van der Waals surface area contributed by atoms with Crippen molar-refractivity contribution in [2.75, 3.05) is 11.9 Å². The molecule has 1 unspecified atom stereocenters. The fourth-order valence-corrected chi connectivity index (χ4v) is 2.31. The van der Waals surface area contributed by atoms with Gasteiger partial charge in [-0.1, -0.05) is 23.2 Å². The Labute approximate surface area is 127 Å². The van der Waals surface area contributed by atoms with Gasteiger partial charge in [-0.15, -0.1) is 0 Å². The van der Waals surface area contributed by atoms with Gasteiger partial charge >= 0.3 is 0 Å². The Morgan fingerprint density at radius 3 is 2.25 bits per heavy atom. The summed E-state index contributed by atoms with van der Waals surface area (Å²) in [6.45, 7) is 0.322. The number of benzene rings is 2. The van der Waals surface area contributed by atoms with Crippen molar-refractivity contribution in [2.24, 2.45) is 0 Å². The van der Waals surface area contributed by atoms with E-state index in [4.69, 9.17) is 28.5 Å². The van der Waals surface area contributed by atoms with E-state index in [2.05, 4.69) is 11.4 Å². The minimum Gasteiger partial charge on any atom is -0.387 e. The second kappa shape index (κ2) is 6.62. The first kappa shape index (κ1) is 14.7. The molecule has 3 nitrogen and oxygen atoms in total. The number of rotatable bonds is 4. The van der Waals surface area contributed by atoms with Crippen molar-refractivity contribution in [1.82, 2.24) is 0 Å². The van der Waals surface area contributed by atoms with Gasteiger partial charge in [0.2, 0.25) is 0 Å². The number of hydrogen-bond donors (Lipinski definition) is 2. The molecule has 102 valence electrons. The first-order valence-electron chi connectivity index (χ1n) is 5.96. The maximum absolute atomic E-state index is 10.1. The van der Waals surface area contributed by atoms with E-state index in [9.17, 15) is 5.11 Å². The predicted octanol–water partition coefficient (Wildman–Crippen LogP) is 4.01. The molecule has 0 saturated carbocycles. The molecule has 2 aromatic rings. The van der Waals surface area contributed by atoms with Crippen LogP contribution in [-0.4, -0.2) is 11.7 Å². The van der Waals surface area contributed by atoms with Crippen molar-refractivity contribution in [3.8, 4) is 6.07 Å². The zero-order chi connectivity index (χ0) is 14.5. The molecule has 0 aliphatic rings. The molecule has 2 rings (SSSR count). The highest BCUT2D eigenvalue weighted by Gasteiger charge is 2.09. The van der Waals surface area contributed by atoms with Crippen LogP contribution in [0, 0.1) is 11.3 Å². The summed E-state index contributed by atoms with van der Waals surface area (Å²) < 4.78 is 0.